The molecule has 31 heavy (non-hydrogen) atoms. The van der Waals surface area contributed by atoms with Crippen molar-refractivity contribution >= 4 is 16.6 Å². The lowest BCUT2D eigenvalue weighted by Gasteiger charge is -2.12. The third-order valence-electron chi connectivity index (χ3n) is 4.95. The lowest BCUT2D eigenvalue weighted by atomic mass is 10.2. The number of imidazole rings is 1. The summed E-state index contributed by atoms with van der Waals surface area (Å²) in [6, 6.07) is 9.78. The van der Waals surface area contributed by atoms with E-state index in [0.717, 1.165) is 0 Å². The zero-order valence-electron chi connectivity index (χ0n) is 16.2. The molecule has 0 bridgehead atoms. The van der Waals surface area contributed by atoms with Gasteiger partial charge in [-0.3, -0.25) is 9.20 Å². The van der Waals surface area contributed by atoms with E-state index in [-0.39, 0.29) is 41.9 Å². The van der Waals surface area contributed by atoms with Crippen LogP contribution in [0.25, 0.3) is 39.5 Å². The summed E-state index contributed by atoms with van der Waals surface area (Å²) in [5.74, 6) is -0.569. The molecule has 2 aromatic carbocycles. The van der Waals surface area contributed by atoms with Crippen LogP contribution in [0.3, 0.4) is 0 Å². The van der Waals surface area contributed by atoms with Gasteiger partial charge in [0.25, 0.3) is 11.4 Å². The van der Waals surface area contributed by atoms with Gasteiger partial charge in [-0.05, 0) is 42.5 Å². The average Bonchev–Trinajstić information content (AvgIpc) is 3.42. The first-order valence-corrected chi connectivity index (χ1v) is 9.35. The van der Waals surface area contributed by atoms with Gasteiger partial charge in [0.1, 0.15) is 29.2 Å². The summed E-state index contributed by atoms with van der Waals surface area (Å²) in [7, 11) is 1.52. The number of halogens is 2. The second-order valence-electron chi connectivity index (χ2n) is 6.82. The summed E-state index contributed by atoms with van der Waals surface area (Å²) in [6.07, 6.45) is 1.46. The predicted molar refractivity (Wildman–Crippen MR) is 107 cm³/mol. The minimum atomic E-state index is -0.458. The van der Waals surface area contributed by atoms with Gasteiger partial charge in [0.15, 0.2) is 0 Å². The highest BCUT2D eigenvalue weighted by Crippen LogP contribution is 2.25. The number of hydrogen-bond donors (Lipinski definition) is 0. The van der Waals surface area contributed by atoms with Crippen LogP contribution in [0.15, 0.2) is 58.1 Å². The van der Waals surface area contributed by atoms with Crippen molar-refractivity contribution in [1.82, 2.24) is 24.1 Å². The second-order valence-corrected chi connectivity index (χ2v) is 6.82. The smallest absolute Gasteiger partial charge is 0.277 e. The summed E-state index contributed by atoms with van der Waals surface area (Å²) >= 11 is 0. The Kier molecular flexibility index (Phi) is 4.55. The lowest BCUT2D eigenvalue weighted by molar-refractivity contribution is 0.187. The van der Waals surface area contributed by atoms with Crippen LogP contribution in [0.1, 0.15) is 0 Å². The average molecular weight is 423 g/mol. The molecule has 10 heteroatoms. The normalized spacial score (nSPS) is 11.6. The fourth-order valence-electron chi connectivity index (χ4n) is 3.49. The van der Waals surface area contributed by atoms with Crippen molar-refractivity contribution < 1.29 is 18.0 Å². The van der Waals surface area contributed by atoms with Crippen LogP contribution in [0.2, 0.25) is 0 Å². The number of hydrogen-bond acceptors (Lipinski definition) is 6. The molecule has 0 atom stereocenters. The lowest BCUT2D eigenvalue weighted by Crippen LogP contribution is -2.25. The molecule has 0 saturated carbocycles. The number of aromatic nitrogens is 5. The minimum absolute atomic E-state index is 0.110. The van der Waals surface area contributed by atoms with E-state index in [2.05, 4.69) is 15.1 Å². The predicted octanol–water partition coefficient (Wildman–Crippen LogP) is 3.29. The van der Waals surface area contributed by atoms with Crippen LogP contribution in [0.5, 0.6) is 0 Å². The van der Waals surface area contributed by atoms with E-state index in [9.17, 15) is 13.6 Å². The van der Waals surface area contributed by atoms with E-state index < -0.39 is 11.4 Å². The molecule has 0 saturated heterocycles. The second kappa shape index (κ2) is 7.40. The molecule has 0 aliphatic heterocycles. The Morgan fingerprint density at radius 3 is 2.61 bits per heavy atom. The van der Waals surface area contributed by atoms with Gasteiger partial charge in [0.2, 0.25) is 5.82 Å². The Labute approximate surface area is 173 Å². The Balaban J connectivity index is 1.72. The summed E-state index contributed by atoms with van der Waals surface area (Å²) in [4.78, 5) is 22.0. The van der Waals surface area contributed by atoms with Crippen molar-refractivity contribution in [3.05, 3.63) is 70.8 Å². The van der Waals surface area contributed by atoms with Gasteiger partial charge >= 0.3 is 0 Å². The minimum Gasteiger partial charge on any atom is -0.383 e. The molecule has 5 rings (SSSR count). The quantitative estimate of drug-likeness (QED) is 0.431. The zero-order chi connectivity index (χ0) is 21.5. The van der Waals surface area contributed by atoms with Crippen LogP contribution in [-0.2, 0) is 11.3 Å². The van der Waals surface area contributed by atoms with Crippen LogP contribution in [-0.4, -0.2) is 37.8 Å². The van der Waals surface area contributed by atoms with E-state index >= 15 is 0 Å². The highest BCUT2D eigenvalue weighted by atomic mass is 19.1. The molecule has 0 unspecified atom stereocenters. The van der Waals surface area contributed by atoms with Crippen molar-refractivity contribution in [2.45, 2.75) is 6.54 Å². The van der Waals surface area contributed by atoms with Crippen molar-refractivity contribution in [3.63, 3.8) is 0 Å². The third-order valence-corrected chi connectivity index (χ3v) is 4.95. The molecule has 3 aromatic heterocycles. The van der Waals surface area contributed by atoms with Gasteiger partial charge in [0, 0.05) is 19.2 Å². The third kappa shape index (κ3) is 3.17. The summed E-state index contributed by atoms with van der Waals surface area (Å²) in [6.45, 7) is 0.492. The van der Waals surface area contributed by atoms with Crippen molar-refractivity contribution in [1.29, 1.82) is 0 Å². The molecular weight excluding hydrogens is 408 g/mol. The van der Waals surface area contributed by atoms with Crippen LogP contribution in [0.4, 0.5) is 8.78 Å². The maximum Gasteiger partial charge on any atom is 0.277 e. The van der Waals surface area contributed by atoms with Gasteiger partial charge in [-0.15, -0.1) is 0 Å². The topological polar surface area (TPSA) is 87.5 Å². The fraction of sp³-hybridized carbons (Fsp3) is 0.143. The Bertz CT molecular complexity index is 1470. The van der Waals surface area contributed by atoms with E-state index in [1.165, 1.54) is 54.4 Å². The molecule has 8 nitrogen and oxygen atoms in total. The van der Waals surface area contributed by atoms with Gasteiger partial charge in [0.05, 0.1) is 17.6 Å². The van der Waals surface area contributed by atoms with Crippen molar-refractivity contribution in [2.75, 3.05) is 13.7 Å². The van der Waals surface area contributed by atoms with Gasteiger partial charge < -0.3 is 13.8 Å². The summed E-state index contributed by atoms with van der Waals surface area (Å²) in [5, 5.41) is 3.95. The molecule has 0 radical (unpaired) electrons. The summed E-state index contributed by atoms with van der Waals surface area (Å²) < 4.78 is 40.5. The van der Waals surface area contributed by atoms with Crippen LogP contribution in [0, 0.1) is 11.6 Å². The molecular formula is C21H15F2N5O3. The fourth-order valence-corrected chi connectivity index (χ4v) is 3.49. The van der Waals surface area contributed by atoms with E-state index in [4.69, 9.17) is 9.26 Å². The number of methoxy groups -OCH3 is 1. The maximum atomic E-state index is 13.9. The Morgan fingerprint density at radius 2 is 1.84 bits per heavy atom. The molecule has 0 N–H and O–H groups in total. The first-order valence-electron chi connectivity index (χ1n) is 9.35. The van der Waals surface area contributed by atoms with Gasteiger partial charge in [-0.25, -0.2) is 13.8 Å². The standard InChI is InChI=1S/C21H15F2N5O3/c1-30-9-8-27-16-10-14(23)6-7-15(16)28-11-24-17(18(28)21(27)29)19-25-20(31-26-19)12-2-4-13(22)5-3-12/h2-7,10-11H,8-9H2,1H3. The van der Waals surface area contributed by atoms with Crippen LogP contribution < -0.4 is 5.56 Å². The zero-order valence-corrected chi connectivity index (χ0v) is 16.2. The maximum absolute atomic E-state index is 13.9. The van der Waals surface area contributed by atoms with E-state index in [0.29, 0.717) is 16.6 Å². The van der Waals surface area contributed by atoms with Gasteiger partial charge in [-0.1, -0.05) is 5.16 Å². The SMILES string of the molecule is COCCn1c(=O)c2c(-c3noc(-c4ccc(F)cc4)n3)ncn2c2ccc(F)cc21. The molecule has 0 fully saturated rings. The highest BCUT2D eigenvalue weighted by Gasteiger charge is 2.21. The van der Waals surface area contributed by atoms with Crippen molar-refractivity contribution in [3.8, 4) is 23.0 Å². The first-order chi connectivity index (χ1) is 15.1. The Morgan fingerprint density at radius 1 is 1.06 bits per heavy atom. The number of benzene rings is 2. The monoisotopic (exact) mass is 423 g/mol. The van der Waals surface area contributed by atoms with E-state index in [1.54, 1.807) is 10.5 Å². The largest absolute Gasteiger partial charge is 0.383 e. The summed E-state index contributed by atoms with van der Waals surface area (Å²) in [5.41, 5.74) is 1.59. The number of nitrogens with zero attached hydrogens (tertiary/aromatic N) is 5. The number of ether oxygens (including phenoxy) is 1. The number of rotatable bonds is 5. The van der Waals surface area contributed by atoms with Crippen LogP contribution >= 0.6 is 0 Å². The molecule has 0 spiro atoms. The molecule has 5 aromatic rings. The van der Waals surface area contributed by atoms with E-state index in [1.807, 2.05) is 0 Å². The molecule has 0 aliphatic carbocycles. The first kappa shape index (κ1) is 19.1. The molecule has 0 aliphatic rings. The molecule has 0 amide bonds. The molecule has 3 heterocycles. The Hall–Kier alpha value is -3.92. The van der Waals surface area contributed by atoms with Crippen molar-refractivity contribution in [2.24, 2.45) is 0 Å². The number of fused-ring (bicyclic) bond motifs is 3. The van der Waals surface area contributed by atoms with Gasteiger partial charge in [-0.2, -0.15) is 4.98 Å². The molecule has 156 valence electrons. The highest BCUT2D eigenvalue weighted by molar-refractivity contribution is 5.83.